The number of nitrogens with zero attached hydrogens (tertiary/aromatic N) is 2. The van der Waals surface area contributed by atoms with Crippen LogP contribution in [-0.4, -0.2) is 24.7 Å². The van der Waals surface area contributed by atoms with Crippen molar-refractivity contribution >= 4 is 6.72 Å². The molecule has 0 saturated carbocycles. The molecule has 2 nitrogen and oxygen atoms in total. The van der Waals surface area contributed by atoms with Crippen molar-refractivity contribution in [2.75, 3.05) is 13.1 Å². The van der Waals surface area contributed by atoms with E-state index in [1.807, 2.05) is 6.08 Å². The van der Waals surface area contributed by atoms with E-state index in [2.05, 4.69) is 23.2 Å². The predicted octanol–water partition coefficient (Wildman–Crippen LogP) is 1.42. The van der Waals surface area contributed by atoms with Crippen LogP contribution in [0.3, 0.4) is 0 Å². The van der Waals surface area contributed by atoms with Gasteiger partial charge in [-0.05, 0) is 19.2 Å². The molecule has 0 amide bonds. The Labute approximate surface area is 61.6 Å². The maximum Gasteiger partial charge on any atom is 0.127 e. The van der Waals surface area contributed by atoms with Crippen LogP contribution >= 0.6 is 0 Å². The summed E-state index contributed by atoms with van der Waals surface area (Å²) in [6.07, 6.45) is 4.89. The summed E-state index contributed by atoms with van der Waals surface area (Å²) >= 11 is 0. The summed E-state index contributed by atoms with van der Waals surface area (Å²) in [6.45, 7) is 9.29. The average molecular weight is 136 g/mol. The molecule has 0 bridgehead atoms. The van der Waals surface area contributed by atoms with Gasteiger partial charge >= 0.3 is 0 Å². The lowest BCUT2D eigenvalue weighted by Crippen LogP contribution is -2.35. The van der Waals surface area contributed by atoms with E-state index in [0.29, 0.717) is 0 Å². The summed E-state index contributed by atoms with van der Waals surface area (Å²) < 4.78 is 0. The van der Waals surface area contributed by atoms with Gasteiger partial charge in [0.2, 0.25) is 0 Å². The van der Waals surface area contributed by atoms with Gasteiger partial charge in [0.05, 0.1) is 0 Å². The number of allylic oxidation sites excluding steroid dienone is 2. The first-order valence-corrected chi connectivity index (χ1v) is 3.43. The third-order valence-corrected chi connectivity index (χ3v) is 1.61. The Hall–Kier alpha value is -1.05. The second kappa shape index (κ2) is 3.20. The summed E-state index contributed by atoms with van der Waals surface area (Å²) in [6, 6.07) is 0. The fourth-order valence-corrected chi connectivity index (χ4v) is 0.909. The van der Waals surface area contributed by atoms with E-state index >= 15 is 0 Å². The molecule has 0 radical (unpaired) electrons. The second-order valence-corrected chi connectivity index (χ2v) is 2.26. The van der Waals surface area contributed by atoms with E-state index in [9.17, 15) is 0 Å². The summed E-state index contributed by atoms with van der Waals surface area (Å²) in [5, 5.41) is 0. The van der Waals surface area contributed by atoms with Crippen molar-refractivity contribution in [2.24, 2.45) is 4.99 Å². The first-order chi connectivity index (χ1) is 4.88. The molecule has 1 heterocycles. The highest BCUT2D eigenvalue weighted by molar-refractivity contribution is 5.29. The lowest BCUT2D eigenvalue weighted by molar-refractivity contribution is 0.237. The van der Waals surface area contributed by atoms with Crippen molar-refractivity contribution in [3.63, 3.8) is 0 Å². The monoisotopic (exact) mass is 136 g/mol. The van der Waals surface area contributed by atoms with Crippen LogP contribution in [0.5, 0.6) is 0 Å². The van der Waals surface area contributed by atoms with Gasteiger partial charge < -0.3 is 4.90 Å². The summed E-state index contributed by atoms with van der Waals surface area (Å²) in [7, 11) is 0. The van der Waals surface area contributed by atoms with E-state index < -0.39 is 0 Å². The van der Waals surface area contributed by atoms with Gasteiger partial charge in [-0.15, -0.1) is 0 Å². The smallest absolute Gasteiger partial charge is 0.127 e. The highest BCUT2D eigenvalue weighted by Crippen LogP contribution is 2.14. The molecule has 1 saturated heterocycles. The zero-order chi connectivity index (χ0) is 7.40. The first kappa shape index (κ1) is 7.06. The van der Waals surface area contributed by atoms with Gasteiger partial charge in [-0.25, -0.2) is 4.99 Å². The van der Waals surface area contributed by atoms with Crippen molar-refractivity contribution in [2.45, 2.75) is 6.42 Å². The van der Waals surface area contributed by atoms with Crippen LogP contribution in [0.15, 0.2) is 29.5 Å². The Kier molecular flexibility index (Phi) is 2.26. The number of hydrogen-bond donors (Lipinski definition) is 0. The Balaban J connectivity index is 2.54. The van der Waals surface area contributed by atoms with Gasteiger partial charge in [0, 0.05) is 13.1 Å². The number of rotatable bonds is 3. The van der Waals surface area contributed by atoms with E-state index in [-0.39, 0.29) is 0 Å². The van der Waals surface area contributed by atoms with Crippen molar-refractivity contribution < 1.29 is 0 Å². The molecule has 1 fully saturated rings. The zero-order valence-corrected chi connectivity index (χ0v) is 6.08. The minimum absolute atomic E-state index is 0.946. The molecule has 0 spiro atoms. The topological polar surface area (TPSA) is 15.6 Å². The molecule has 1 aliphatic rings. The molecule has 1 rings (SSSR count). The van der Waals surface area contributed by atoms with Gasteiger partial charge in [-0.3, -0.25) is 0 Å². The van der Waals surface area contributed by atoms with Crippen LogP contribution in [0.4, 0.5) is 0 Å². The molecule has 10 heavy (non-hydrogen) atoms. The Morgan fingerprint density at radius 1 is 1.50 bits per heavy atom. The van der Waals surface area contributed by atoms with Crippen molar-refractivity contribution in [1.82, 2.24) is 4.90 Å². The summed E-state index contributed by atoms with van der Waals surface area (Å²) in [5.74, 6) is 0.946. The van der Waals surface area contributed by atoms with Gasteiger partial charge in [0.15, 0.2) is 0 Å². The van der Waals surface area contributed by atoms with E-state index in [4.69, 9.17) is 0 Å². The fraction of sp³-hybridized carbons (Fsp3) is 0.375. The van der Waals surface area contributed by atoms with E-state index in [1.165, 1.54) is 6.42 Å². The molecule has 0 aromatic carbocycles. The molecule has 1 aliphatic heterocycles. The average Bonchev–Trinajstić information content (AvgIpc) is 1.83. The zero-order valence-electron chi connectivity index (χ0n) is 6.08. The van der Waals surface area contributed by atoms with Crippen LogP contribution in [0, 0.1) is 0 Å². The quantitative estimate of drug-likeness (QED) is 0.423. The lowest BCUT2D eigenvalue weighted by Gasteiger charge is -2.32. The maximum atomic E-state index is 3.87. The Morgan fingerprint density at radius 2 is 2.20 bits per heavy atom. The van der Waals surface area contributed by atoms with Crippen molar-refractivity contribution in [3.8, 4) is 0 Å². The molecule has 0 aliphatic carbocycles. The van der Waals surface area contributed by atoms with E-state index in [0.717, 1.165) is 18.9 Å². The standard InChI is InChI=1S/C8H12N2/c1-3-5-8(9-2)10-6-4-7-10/h3,5H,1-2,4,6-7H2/b8-5+. The molecule has 0 N–H and O–H groups in total. The third kappa shape index (κ3) is 1.26. The molecule has 0 aromatic heterocycles. The lowest BCUT2D eigenvalue weighted by atomic mass is 10.2. The molecule has 0 aromatic rings. The predicted molar refractivity (Wildman–Crippen MR) is 44.0 cm³/mol. The summed E-state index contributed by atoms with van der Waals surface area (Å²) in [5.41, 5.74) is 0. The van der Waals surface area contributed by atoms with Crippen LogP contribution in [-0.2, 0) is 0 Å². The molecule has 0 unspecified atom stereocenters. The van der Waals surface area contributed by atoms with Gasteiger partial charge in [-0.2, -0.15) is 0 Å². The maximum absolute atomic E-state index is 3.87. The number of aliphatic imine (C=N–C) groups is 1. The van der Waals surface area contributed by atoms with Crippen LogP contribution < -0.4 is 0 Å². The van der Waals surface area contributed by atoms with Crippen LogP contribution in [0.2, 0.25) is 0 Å². The number of likely N-dealkylation sites (tertiary alicyclic amines) is 1. The van der Waals surface area contributed by atoms with Crippen LogP contribution in [0.1, 0.15) is 6.42 Å². The van der Waals surface area contributed by atoms with Crippen LogP contribution in [0.25, 0.3) is 0 Å². The van der Waals surface area contributed by atoms with Crippen molar-refractivity contribution in [3.05, 3.63) is 24.6 Å². The van der Waals surface area contributed by atoms with Gasteiger partial charge in [-0.1, -0.05) is 12.7 Å². The Bertz CT molecular complexity index is 166. The molecule has 54 valence electrons. The largest absolute Gasteiger partial charge is 0.357 e. The molecular weight excluding hydrogens is 124 g/mol. The number of hydrogen-bond acceptors (Lipinski definition) is 2. The normalized spacial score (nSPS) is 18.0. The van der Waals surface area contributed by atoms with E-state index in [1.54, 1.807) is 6.08 Å². The van der Waals surface area contributed by atoms with Gasteiger partial charge in [0.1, 0.15) is 5.82 Å². The minimum Gasteiger partial charge on any atom is -0.357 e. The Morgan fingerprint density at radius 3 is 2.50 bits per heavy atom. The highest BCUT2D eigenvalue weighted by Gasteiger charge is 2.14. The molecule has 2 heteroatoms. The van der Waals surface area contributed by atoms with Crippen molar-refractivity contribution in [1.29, 1.82) is 0 Å². The first-order valence-electron chi connectivity index (χ1n) is 3.43. The highest BCUT2D eigenvalue weighted by atomic mass is 15.2. The SMILES string of the molecule is C=C/C=C(\N=C)N1CCC1. The molecular formula is C8H12N2. The minimum atomic E-state index is 0.946. The summed E-state index contributed by atoms with van der Waals surface area (Å²) in [4.78, 5) is 6.04. The third-order valence-electron chi connectivity index (χ3n) is 1.61. The fourth-order valence-electron chi connectivity index (χ4n) is 0.909. The molecule has 0 atom stereocenters. The van der Waals surface area contributed by atoms with Gasteiger partial charge in [0.25, 0.3) is 0 Å². The second-order valence-electron chi connectivity index (χ2n) is 2.26.